The molecule has 0 aromatic carbocycles. The third-order valence-electron chi connectivity index (χ3n) is 3.84. The van der Waals surface area contributed by atoms with Crippen molar-refractivity contribution in [2.75, 3.05) is 18.0 Å². The predicted octanol–water partition coefficient (Wildman–Crippen LogP) is 0.993. The van der Waals surface area contributed by atoms with Gasteiger partial charge in [-0.2, -0.15) is 0 Å². The molecule has 2 rings (SSSR count). The molecule has 2 amide bonds. The molecule has 21 heavy (non-hydrogen) atoms. The smallest absolute Gasteiger partial charge is 0.251 e. The summed E-state index contributed by atoms with van der Waals surface area (Å²) in [6.07, 6.45) is 1.71. The summed E-state index contributed by atoms with van der Waals surface area (Å²) < 4.78 is 0. The summed E-state index contributed by atoms with van der Waals surface area (Å²) in [7, 11) is 0. The summed E-state index contributed by atoms with van der Waals surface area (Å²) in [5.41, 5.74) is 0.275. The fraction of sp³-hybridized carbons (Fsp3) is 0.533. The van der Waals surface area contributed by atoms with E-state index in [-0.39, 0.29) is 24.4 Å². The number of imide groups is 1. The Bertz CT molecular complexity index is 556. The van der Waals surface area contributed by atoms with E-state index in [4.69, 9.17) is 0 Å². The first-order valence-corrected chi connectivity index (χ1v) is 7.17. The first-order chi connectivity index (χ1) is 9.86. The van der Waals surface area contributed by atoms with Crippen molar-refractivity contribution < 1.29 is 9.59 Å². The van der Waals surface area contributed by atoms with Crippen LogP contribution in [0.2, 0.25) is 0 Å². The molecule has 1 atom stereocenters. The van der Waals surface area contributed by atoms with Crippen molar-refractivity contribution >= 4 is 17.6 Å². The van der Waals surface area contributed by atoms with Gasteiger partial charge in [-0.15, -0.1) is 0 Å². The molecule has 1 aromatic rings. The summed E-state index contributed by atoms with van der Waals surface area (Å²) in [4.78, 5) is 29.8. The zero-order chi connectivity index (χ0) is 15.6. The van der Waals surface area contributed by atoms with Crippen molar-refractivity contribution in [3.63, 3.8) is 0 Å². The Morgan fingerprint density at radius 1 is 1.48 bits per heavy atom. The molecule has 0 aliphatic carbocycles. The van der Waals surface area contributed by atoms with Crippen LogP contribution in [0.15, 0.2) is 18.3 Å². The number of hydrogen-bond donors (Lipinski definition) is 2. The van der Waals surface area contributed by atoms with Crippen LogP contribution in [-0.2, 0) is 9.59 Å². The predicted molar refractivity (Wildman–Crippen MR) is 80.9 cm³/mol. The zero-order valence-electron chi connectivity index (χ0n) is 12.9. The SMILES string of the molecule is CCNC(C)c1ccnc(N2CC(=O)NC(=O)C2(C)C)c1. The highest BCUT2D eigenvalue weighted by Crippen LogP contribution is 2.26. The average molecular weight is 290 g/mol. The number of nitrogens with zero attached hydrogens (tertiary/aromatic N) is 2. The van der Waals surface area contributed by atoms with Gasteiger partial charge in [0.15, 0.2) is 0 Å². The van der Waals surface area contributed by atoms with Gasteiger partial charge < -0.3 is 10.2 Å². The number of anilines is 1. The van der Waals surface area contributed by atoms with E-state index in [0.29, 0.717) is 5.82 Å². The highest BCUT2D eigenvalue weighted by molar-refractivity contribution is 6.06. The first-order valence-electron chi connectivity index (χ1n) is 7.17. The van der Waals surface area contributed by atoms with Crippen LogP contribution in [0.1, 0.15) is 39.3 Å². The van der Waals surface area contributed by atoms with E-state index in [0.717, 1.165) is 12.1 Å². The molecule has 0 radical (unpaired) electrons. The highest BCUT2D eigenvalue weighted by atomic mass is 16.2. The number of rotatable bonds is 4. The molecule has 6 nitrogen and oxygen atoms in total. The summed E-state index contributed by atoms with van der Waals surface area (Å²) >= 11 is 0. The molecular weight excluding hydrogens is 268 g/mol. The summed E-state index contributed by atoms with van der Waals surface area (Å²) in [6.45, 7) is 8.70. The maximum atomic E-state index is 12.0. The third kappa shape index (κ3) is 3.05. The van der Waals surface area contributed by atoms with Crippen LogP contribution in [0.3, 0.4) is 0 Å². The van der Waals surface area contributed by atoms with Crippen molar-refractivity contribution in [2.24, 2.45) is 0 Å². The monoisotopic (exact) mass is 290 g/mol. The van der Waals surface area contributed by atoms with Gasteiger partial charge in [0.2, 0.25) is 5.91 Å². The van der Waals surface area contributed by atoms with E-state index >= 15 is 0 Å². The molecule has 0 spiro atoms. The number of piperazine rings is 1. The van der Waals surface area contributed by atoms with Gasteiger partial charge in [-0.25, -0.2) is 4.98 Å². The summed E-state index contributed by atoms with van der Waals surface area (Å²) in [6, 6.07) is 4.06. The number of carbonyl (C=O) groups excluding carboxylic acids is 2. The molecule has 1 saturated heterocycles. The van der Waals surface area contributed by atoms with Crippen LogP contribution in [0.25, 0.3) is 0 Å². The molecular formula is C15H22N4O2. The van der Waals surface area contributed by atoms with Crippen LogP contribution in [0.4, 0.5) is 5.82 Å². The number of carbonyl (C=O) groups is 2. The van der Waals surface area contributed by atoms with Gasteiger partial charge in [0.05, 0.1) is 6.54 Å². The Kier molecular flexibility index (Phi) is 4.27. The van der Waals surface area contributed by atoms with E-state index in [9.17, 15) is 9.59 Å². The minimum absolute atomic E-state index is 0.130. The minimum Gasteiger partial charge on any atom is -0.333 e. The van der Waals surface area contributed by atoms with Gasteiger partial charge in [-0.05, 0) is 45.0 Å². The maximum Gasteiger partial charge on any atom is 0.251 e. The zero-order valence-corrected chi connectivity index (χ0v) is 12.9. The van der Waals surface area contributed by atoms with Crippen LogP contribution in [-0.4, -0.2) is 35.4 Å². The first kappa shape index (κ1) is 15.4. The van der Waals surface area contributed by atoms with Crippen LogP contribution < -0.4 is 15.5 Å². The molecule has 1 aliphatic heterocycles. The van der Waals surface area contributed by atoms with Gasteiger partial charge in [0.25, 0.3) is 5.91 Å². The van der Waals surface area contributed by atoms with E-state index in [2.05, 4.69) is 29.5 Å². The maximum absolute atomic E-state index is 12.0. The second kappa shape index (κ2) is 5.81. The molecule has 1 aromatic heterocycles. The lowest BCUT2D eigenvalue weighted by atomic mass is 9.98. The van der Waals surface area contributed by atoms with Crippen molar-refractivity contribution in [1.82, 2.24) is 15.6 Å². The van der Waals surface area contributed by atoms with Gasteiger partial charge in [0.1, 0.15) is 11.4 Å². The highest BCUT2D eigenvalue weighted by Gasteiger charge is 2.41. The number of amides is 2. The standard InChI is InChI=1S/C15H22N4O2/c1-5-16-10(2)11-6-7-17-12(8-11)19-9-13(20)18-14(21)15(19,3)4/h6-8,10,16H,5,9H2,1-4H3,(H,18,20,21). The lowest BCUT2D eigenvalue weighted by molar-refractivity contribution is -0.135. The Balaban J connectivity index is 2.34. The number of nitrogens with one attached hydrogen (secondary N) is 2. The molecule has 6 heteroatoms. The molecule has 0 bridgehead atoms. The number of aromatic nitrogens is 1. The fourth-order valence-electron chi connectivity index (χ4n) is 2.43. The van der Waals surface area contributed by atoms with Crippen molar-refractivity contribution in [3.8, 4) is 0 Å². The van der Waals surface area contributed by atoms with E-state index in [1.54, 1.807) is 24.9 Å². The Labute approximate surface area is 124 Å². The minimum atomic E-state index is -0.805. The normalized spacial score (nSPS) is 19.3. The van der Waals surface area contributed by atoms with Crippen LogP contribution in [0, 0.1) is 0 Å². The van der Waals surface area contributed by atoms with Gasteiger partial charge >= 0.3 is 0 Å². The van der Waals surface area contributed by atoms with E-state index in [1.807, 2.05) is 12.1 Å². The second-order valence-electron chi connectivity index (χ2n) is 5.75. The van der Waals surface area contributed by atoms with Crippen molar-refractivity contribution in [3.05, 3.63) is 23.9 Å². The number of pyridine rings is 1. The van der Waals surface area contributed by atoms with E-state index < -0.39 is 5.54 Å². The molecule has 2 heterocycles. The second-order valence-corrected chi connectivity index (χ2v) is 5.75. The lowest BCUT2D eigenvalue weighted by Gasteiger charge is -2.41. The van der Waals surface area contributed by atoms with Crippen molar-refractivity contribution in [1.29, 1.82) is 0 Å². The van der Waals surface area contributed by atoms with Crippen LogP contribution >= 0.6 is 0 Å². The topological polar surface area (TPSA) is 74.3 Å². The molecule has 1 fully saturated rings. The van der Waals surface area contributed by atoms with Crippen LogP contribution in [0.5, 0.6) is 0 Å². The Morgan fingerprint density at radius 2 is 2.19 bits per heavy atom. The Morgan fingerprint density at radius 3 is 2.86 bits per heavy atom. The largest absolute Gasteiger partial charge is 0.333 e. The quantitative estimate of drug-likeness (QED) is 0.809. The fourth-order valence-corrected chi connectivity index (χ4v) is 2.43. The van der Waals surface area contributed by atoms with Gasteiger partial charge in [-0.3, -0.25) is 14.9 Å². The van der Waals surface area contributed by atoms with Gasteiger partial charge in [0, 0.05) is 12.2 Å². The number of hydrogen-bond acceptors (Lipinski definition) is 5. The lowest BCUT2D eigenvalue weighted by Crippen LogP contribution is -2.64. The molecule has 0 saturated carbocycles. The molecule has 1 unspecified atom stereocenters. The van der Waals surface area contributed by atoms with Crippen molar-refractivity contribution in [2.45, 2.75) is 39.3 Å². The Hall–Kier alpha value is -1.95. The van der Waals surface area contributed by atoms with Gasteiger partial charge in [-0.1, -0.05) is 6.92 Å². The third-order valence-corrected chi connectivity index (χ3v) is 3.84. The van der Waals surface area contributed by atoms with E-state index in [1.165, 1.54) is 0 Å². The summed E-state index contributed by atoms with van der Waals surface area (Å²) in [5.74, 6) is 0.0439. The molecule has 2 N–H and O–H groups in total. The molecule has 114 valence electrons. The average Bonchev–Trinajstić information content (AvgIpc) is 2.43. The summed E-state index contributed by atoms with van der Waals surface area (Å²) in [5, 5.41) is 5.70. The molecule has 1 aliphatic rings.